The van der Waals surface area contributed by atoms with E-state index in [0.717, 1.165) is 11.1 Å². The lowest BCUT2D eigenvalue weighted by Gasteiger charge is -2.07. The number of hydrogen-bond acceptors (Lipinski definition) is 5. The van der Waals surface area contributed by atoms with Crippen LogP contribution in [0.2, 0.25) is 10.0 Å². The van der Waals surface area contributed by atoms with Gasteiger partial charge < -0.3 is 9.47 Å². The average molecular weight is 396 g/mol. The maximum atomic E-state index is 6.19. The number of ether oxygens (including phenoxy) is 2. The second-order valence-electron chi connectivity index (χ2n) is 5.06. The van der Waals surface area contributed by atoms with Gasteiger partial charge in [0.1, 0.15) is 11.5 Å². The summed E-state index contributed by atoms with van der Waals surface area (Å²) in [7, 11) is 3.21. The normalized spacial score (nSPS) is 10.7. The summed E-state index contributed by atoms with van der Waals surface area (Å²) in [5.41, 5.74) is 1.79. The van der Waals surface area contributed by atoms with Crippen LogP contribution < -0.4 is 9.47 Å². The Labute approximate surface area is 159 Å². The van der Waals surface area contributed by atoms with Crippen LogP contribution in [0.4, 0.5) is 0 Å². The molecule has 0 fully saturated rings. The molecule has 0 aliphatic carbocycles. The Morgan fingerprint density at radius 3 is 2.64 bits per heavy atom. The van der Waals surface area contributed by atoms with Crippen molar-refractivity contribution < 1.29 is 9.47 Å². The first-order chi connectivity index (χ1) is 12.1. The minimum atomic E-state index is 0.616. The largest absolute Gasteiger partial charge is 0.497 e. The highest BCUT2D eigenvalue weighted by Gasteiger charge is 2.13. The molecule has 1 heterocycles. The highest BCUT2D eigenvalue weighted by molar-refractivity contribution is 7.98. The van der Waals surface area contributed by atoms with Crippen LogP contribution in [0.5, 0.6) is 11.5 Å². The van der Waals surface area contributed by atoms with Crippen LogP contribution in [0.1, 0.15) is 5.56 Å². The Balaban J connectivity index is 1.76. The molecule has 0 unspecified atom stereocenters. The van der Waals surface area contributed by atoms with E-state index in [1.54, 1.807) is 26.4 Å². The molecule has 0 saturated heterocycles. The van der Waals surface area contributed by atoms with Gasteiger partial charge in [-0.2, -0.15) is 0 Å². The van der Waals surface area contributed by atoms with Gasteiger partial charge in [0.2, 0.25) is 5.16 Å². The van der Waals surface area contributed by atoms with E-state index in [1.165, 1.54) is 11.8 Å². The summed E-state index contributed by atoms with van der Waals surface area (Å²) < 4.78 is 10.6. The van der Waals surface area contributed by atoms with E-state index in [4.69, 9.17) is 32.7 Å². The topological polar surface area (TPSA) is 60.0 Å². The Morgan fingerprint density at radius 1 is 1.08 bits per heavy atom. The molecular weight excluding hydrogens is 381 g/mol. The van der Waals surface area contributed by atoms with Gasteiger partial charge in [-0.05, 0) is 29.8 Å². The van der Waals surface area contributed by atoms with Crippen molar-refractivity contribution in [3.63, 3.8) is 0 Å². The molecule has 0 aliphatic heterocycles. The SMILES string of the molecule is COc1ccc(-c2nc(SCc3ccc(Cl)cc3Cl)n[nH]2)c(OC)c1. The number of aromatic amines is 1. The highest BCUT2D eigenvalue weighted by atomic mass is 35.5. The number of halogens is 2. The zero-order valence-electron chi connectivity index (χ0n) is 13.5. The van der Waals surface area contributed by atoms with Crippen molar-refractivity contribution >= 4 is 35.0 Å². The van der Waals surface area contributed by atoms with Crippen molar-refractivity contribution in [3.8, 4) is 22.9 Å². The Bertz CT molecular complexity index is 886. The Kier molecular flexibility index (Phi) is 5.73. The molecule has 1 aromatic heterocycles. The molecule has 5 nitrogen and oxygen atoms in total. The third-order valence-electron chi connectivity index (χ3n) is 3.50. The van der Waals surface area contributed by atoms with Gasteiger partial charge in [-0.1, -0.05) is 41.0 Å². The van der Waals surface area contributed by atoms with Crippen LogP contribution in [0.3, 0.4) is 0 Å². The monoisotopic (exact) mass is 395 g/mol. The van der Waals surface area contributed by atoms with Crippen molar-refractivity contribution in [3.05, 3.63) is 52.0 Å². The number of methoxy groups -OCH3 is 2. The fourth-order valence-electron chi connectivity index (χ4n) is 2.21. The maximum Gasteiger partial charge on any atom is 0.209 e. The Morgan fingerprint density at radius 2 is 1.92 bits per heavy atom. The van der Waals surface area contributed by atoms with E-state index in [2.05, 4.69) is 15.2 Å². The first-order valence-corrected chi connectivity index (χ1v) is 9.06. The minimum absolute atomic E-state index is 0.616. The van der Waals surface area contributed by atoms with Crippen LogP contribution in [0.25, 0.3) is 11.4 Å². The molecule has 130 valence electrons. The van der Waals surface area contributed by atoms with Gasteiger partial charge in [0.25, 0.3) is 0 Å². The standard InChI is InChI=1S/C17H15Cl2N3O2S/c1-23-12-5-6-13(15(8-12)24-2)16-20-17(22-21-16)25-9-10-3-4-11(18)7-14(10)19/h3-8H,9H2,1-2H3,(H,20,21,22). The molecule has 0 bridgehead atoms. The minimum Gasteiger partial charge on any atom is -0.497 e. The molecule has 25 heavy (non-hydrogen) atoms. The van der Waals surface area contributed by atoms with Crippen LogP contribution in [-0.2, 0) is 5.75 Å². The van der Waals surface area contributed by atoms with Gasteiger partial charge in [0, 0.05) is 21.9 Å². The van der Waals surface area contributed by atoms with E-state index in [1.807, 2.05) is 24.3 Å². The summed E-state index contributed by atoms with van der Waals surface area (Å²) in [6.07, 6.45) is 0. The van der Waals surface area contributed by atoms with Crippen LogP contribution in [-0.4, -0.2) is 29.4 Å². The molecule has 1 N–H and O–H groups in total. The summed E-state index contributed by atoms with van der Waals surface area (Å²) in [5.74, 6) is 2.65. The number of H-pyrrole nitrogens is 1. The van der Waals surface area contributed by atoms with Crippen LogP contribution in [0, 0.1) is 0 Å². The molecule has 3 rings (SSSR count). The zero-order valence-corrected chi connectivity index (χ0v) is 15.9. The number of hydrogen-bond donors (Lipinski definition) is 1. The maximum absolute atomic E-state index is 6.19. The molecular formula is C17H15Cl2N3O2S. The molecule has 0 amide bonds. The summed E-state index contributed by atoms with van der Waals surface area (Å²) in [5, 5.41) is 9.05. The quantitative estimate of drug-likeness (QED) is 0.589. The first kappa shape index (κ1) is 17.9. The number of rotatable bonds is 6. The molecule has 2 aromatic carbocycles. The smallest absolute Gasteiger partial charge is 0.209 e. The molecule has 3 aromatic rings. The van der Waals surface area contributed by atoms with Crippen molar-refractivity contribution in [2.24, 2.45) is 0 Å². The molecule has 0 saturated carbocycles. The lowest BCUT2D eigenvalue weighted by atomic mass is 10.2. The van der Waals surface area contributed by atoms with Gasteiger partial charge in [-0.15, -0.1) is 5.10 Å². The summed E-state index contributed by atoms with van der Waals surface area (Å²) in [4.78, 5) is 4.51. The predicted molar refractivity (Wildman–Crippen MR) is 101 cm³/mol. The molecule has 0 spiro atoms. The number of nitrogens with zero attached hydrogens (tertiary/aromatic N) is 2. The van der Waals surface area contributed by atoms with Crippen molar-refractivity contribution in [1.29, 1.82) is 0 Å². The summed E-state index contributed by atoms with van der Waals surface area (Å²) in [6, 6.07) is 11.0. The third-order valence-corrected chi connectivity index (χ3v) is 4.98. The van der Waals surface area contributed by atoms with Crippen molar-refractivity contribution in [2.45, 2.75) is 10.9 Å². The first-order valence-electron chi connectivity index (χ1n) is 7.32. The fourth-order valence-corrected chi connectivity index (χ4v) is 3.56. The van der Waals surface area contributed by atoms with E-state index < -0.39 is 0 Å². The average Bonchev–Trinajstić information content (AvgIpc) is 3.09. The third kappa shape index (κ3) is 4.21. The predicted octanol–water partition coefficient (Wildman–Crippen LogP) is 5.09. The Hall–Kier alpha value is -1.89. The van der Waals surface area contributed by atoms with Gasteiger partial charge in [0.05, 0.1) is 19.8 Å². The van der Waals surface area contributed by atoms with Gasteiger partial charge in [-0.25, -0.2) is 4.98 Å². The molecule has 0 radical (unpaired) electrons. The second kappa shape index (κ2) is 7.99. The lowest BCUT2D eigenvalue weighted by molar-refractivity contribution is 0.395. The van der Waals surface area contributed by atoms with E-state index >= 15 is 0 Å². The van der Waals surface area contributed by atoms with Crippen LogP contribution in [0.15, 0.2) is 41.6 Å². The number of nitrogens with one attached hydrogen (secondary N) is 1. The number of benzene rings is 2. The summed E-state index contributed by atoms with van der Waals surface area (Å²) >= 11 is 13.6. The van der Waals surface area contributed by atoms with E-state index in [-0.39, 0.29) is 0 Å². The van der Waals surface area contributed by atoms with Crippen LogP contribution >= 0.6 is 35.0 Å². The van der Waals surface area contributed by atoms with Crippen molar-refractivity contribution in [1.82, 2.24) is 15.2 Å². The van der Waals surface area contributed by atoms with Gasteiger partial charge in [0.15, 0.2) is 5.82 Å². The second-order valence-corrected chi connectivity index (χ2v) is 6.84. The zero-order chi connectivity index (χ0) is 17.8. The molecule has 8 heteroatoms. The lowest BCUT2D eigenvalue weighted by Crippen LogP contribution is -1.91. The van der Waals surface area contributed by atoms with E-state index in [9.17, 15) is 0 Å². The van der Waals surface area contributed by atoms with Crippen molar-refractivity contribution in [2.75, 3.05) is 14.2 Å². The summed E-state index contributed by atoms with van der Waals surface area (Å²) in [6.45, 7) is 0. The molecule has 0 aliphatic rings. The molecule has 0 atom stereocenters. The van der Waals surface area contributed by atoms with E-state index in [0.29, 0.717) is 38.3 Å². The highest BCUT2D eigenvalue weighted by Crippen LogP contribution is 2.33. The van der Waals surface area contributed by atoms with Gasteiger partial charge >= 0.3 is 0 Å². The fraction of sp³-hybridized carbons (Fsp3) is 0.176. The number of aromatic nitrogens is 3. The number of thioether (sulfide) groups is 1. The van der Waals surface area contributed by atoms with Gasteiger partial charge in [-0.3, -0.25) is 5.10 Å².